The SMILES string of the molecule is CC(C)(C)OC(=O)N1Cc2cnc(Nc3ccc4[nH]ccc4c3)nc2C1. The van der Waals surface area contributed by atoms with Crippen LogP contribution in [0.4, 0.5) is 16.4 Å². The van der Waals surface area contributed by atoms with Gasteiger partial charge in [-0.05, 0) is 45.0 Å². The number of amides is 1. The Bertz CT molecular complexity index is 973. The number of fused-ring (bicyclic) bond motifs is 2. The van der Waals surface area contributed by atoms with Crippen molar-refractivity contribution in [1.82, 2.24) is 19.9 Å². The number of aromatic nitrogens is 3. The Morgan fingerprint density at radius 1 is 1.27 bits per heavy atom. The molecule has 0 saturated carbocycles. The van der Waals surface area contributed by atoms with Crippen LogP contribution in [0.5, 0.6) is 0 Å². The summed E-state index contributed by atoms with van der Waals surface area (Å²) < 4.78 is 5.43. The zero-order valence-corrected chi connectivity index (χ0v) is 15.0. The Morgan fingerprint density at radius 2 is 2.12 bits per heavy atom. The average molecular weight is 351 g/mol. The van der Waals surface area contributed by atoms with Crippen LogP contribution in [-0.4, -0.2) is 31.5 Å². The maximum absolute atomic E-state index is 12.2. The minimum Gasteiger partial charge on any atom is -0.444 e. The molecule has 0 bridgehead atoms. The Hall–Kier alpha value is -3.09. The van der Waals surface area contributed by atoms with Crippen molar-refractivity contribution < 1.29 is 9.53 Å². The predicted molar refractivity (Wildman–Crippen MR) is 99.1 cm³/mol. The van der Waals surface area contributed by atoms with Crippen molar-refractivity contribution in [2.45, 2.75) is 39.5 Å². The molecule has 0 fully saturated rings. The fourth-order valence-corrected chi connectivity index (χ4v) is 2.93. The van der Waals surface area contributed by atoms with Crippen LogP contribution in [0.25, 0.3) is 10.9 Å². The van der Waals surface area contributed by atoms with E-state index in [1.54, 1.807) is 11.1 Å². The zero-order chi connectivity index (χ0) is 18.3. The molecule has 1 aliphatic heterocycles. The van der Waals surface area contributed by atoms with E-state index < -0.39 is 5.60 Å². The van der Waals surface area contributed by atoms with Gasteiger partial charge in [0, 0.05) is 34.5 Å². The largest absolute Gasteiger partial charge is 0.444 e. The van der Waals surface area contributed by atoms with Crippen molar-refractivity contribution in [1.29, 1.82) is 0 Å². The molecule has 4 rings (SSSR count). The molecule has 0 atom stereocenters. The highest BCUT2D eigenvalue weighted by atomic mass is 16.6. The minimum absolute atomic E-state index is 0.331. The molecule has 3 heterocycles. The van der Waals surface area contributed by atoms with Crippen LogP contribution >= 0.6 is 0 Å². The quantitative estimate of drug-likeness (QED) is 0.730. The number of carbonyl (C=O) groups is 1. The number of hydrogen-bond acceptors (Lipinski definition) is 5. The lowest BCUT2D eigenvalue weighted by molar-refractivity contribution is 0.0240. The molecule has 0 saturated heterocycles. The maximum atomic E-state index is 12.2. The van der Waals surface area contributed by atoms with Gasteiger partial charge in [0.15, 0.2) is 0 Å². The molecule has 26 heavy (non-hydrogen) atoms. The summed E-state index contributed by atoms with van der Waals surface area (Å²) in [6.45, 7) is 6.48. The Morgan fingerprint density at radius 3 is 2.92 bits per heavy atom. The van der Waals surface area contributed by atoms with Crippen LogP contribution in [0.3, 0.4) is 0 Å². The molecule has 134 valence electrons. The third kappa shape index (κ3) is 3.33. The number of ether oxygens (including phenoxy) is 1. The number of hydrogen-bond donors (Lipinski definition) is 2. The molecule has 0 unspecified atom stereocenters. The highest BCUT2D eigenvalue weighted by Crippen LogP contribution is 2.25. The molecule has 2 N–H and O–H groups in total. The first-order valence-electron chi connectivity index (χ1n) is 8.54. The first kappa shape index (κ1) is 16.4. The minimum atomic E-state index is -0.513. The second-order valence-corrected chi connectivity index (χ2v) is 7.41. The Balaban J connectivity index is 1.49. The number of anilines is 2. The number of carbonyl (C=O) groups excluding carboxylic acids is 1. The molecule has 0 aliphatic carbocycles. The average Bonchev–Trinajstić information content (AvgIpc) is 3.18. The third-order valence-corrected chi connectivity index (χ3v) is 4.12. The van der Waals surface area contributed by atoms with Crippen LogP contribution in [-0.2, 0) is 17.8 Å². The summed E-state index contributed by atoms with van der Waals surface area (Å²) in [6.07, 6.45) is 3.35. The molecule has 7 nitrogen and oxygen atoms in total. The number of H-pyrrole nitrogens is 1. The standard InChI is InChI=1S/C19H21N5O2/c1-19(2,3)26-18(25)24-10-13-9-21-17(23-16(13)11-24)22-14-4-5-15-12(8-14)6-7-20-15/h4-9,20H,10-11H2,1-3H3,(H,21,22,23). The van der Waals surface area contributed by atoms with Crippen LogP contribution in [0.2, 0.25) is 0 Å². The Labute approximate surface area is 151 Å². The van der Waals surface area contributed by atoms with Crippen molar-refractivity contribution in [3.8, 4) is 0 Å². The van der Waals surface area contributed by atoms with Gasteiger partial charge in [-0.3, -0.25) is 4.90 Å². The molecule has 0 spiro atoms. The van der Waals surface area contributed by atoms with E-state index >= 15 is 0 Å². The normalized spacial score (nSPS) is 13.7. The summed E-state index contributed by atoms with van der Waals surface area (Å²) in [5, 5.41) is 4.34. The van der Waals surface area contributed by atoms with E-state index in [9.17, 15) is 4.79 Å². The van der Waals surface area contributed by atoms with E-state index in [2.05, 4.69) is 20.3 Å². The van der Waals surface area contributed by atoms with Crippen molar-refractivity contribution >= 4 is 28.6 Å². The fraction of sp³-hybridized carbons (Fsp3) is 0.316. The summed E-state index contributed by atoms with van der Waals surface area (Å²) in [7, 11) is 0. The van der Waals surface area contributed by atoms with Crippen molar-refractivity contribution in [2.75, 3.05) is 5.32 Å². The molecule has 1 aliphatic rings. The molecule has 1 aromatic carbocycles. The van der Waals surface area contributed by atoms with E-state index in [4.69, 9.17) is 4.74 Å². The van der Waals surface area contributed by atoms with Gasteiger partial charge in [-0.2, -0.15) is 0 Å². The van der Waals surface area contributed by atoms with Crippen LogP contribution in [0, 0.1) is 0 Å². The lowest BCUT2D eigenvalue weighted by Gasteiger charge is -2.23. The smallest absolute Gasteiger partial charge is 0.410 e. The highest BCUT2D eigenvalue weighted by Gasteiger charge is 2.29. The molecule has 1 amide bonds. The van der Waals surface area contributed by atoms with E-state index in [1.165, 1.54) is 0 Å². The maximum Gasteiger partial charge on any atom is 0.410 e. The van der Waals surface area contributed by atoms with Crippen LogP contribution in [0.15, 0.2) is 36.7 Å². The lowest BCUT2D eigenvalue weighted by Crippen LogP contribution is -2.33. The Kier molecular flexibility index (Phi) is 3.79. The van der Waals surface area contributed by atoms with Gasteiger partial charge >= 0.3 is 6.09 Å². The molecular formula is C19H21N5O2. The van der Waals surface area contributed by atoms with Crippen molar-refractivity contribution in [3.05, 3.63) is 47.9 Å². The van der Waals surface area contributed by atoms with E-state index in [1.807, 2.05) is 51.2 Å². The van der Waals surface area contributed by atoms with Crippen LogP contribution in [0.1, 0.15) is 32.0 Å². The first-order chi connectivity index (χ1) is 12.4. The summed E-state index contributed by atoms with van der Waals surface area (Å²) in [5.41, 5.74) is 3.28. The summed E-state index contributed by atoms with van der Waals surface area (Å²) in [6, 6.07) is 8.04. The van der Waals surface area contributed by atoms with E-state index in [0.717, 1.165) is 27.8 Å². The van der Waals surface area contributed by atoms with Gasteiger partial charge in [0.2, 0.25) is 5.95 Å². The number of aromatic amines is 1. The number of nitrogens with zero attached hydrogens (tertiary/aromatic N) is 3. The number of rotatable bonds is 2. The van der Waals surface area contributed by atoms with Gasteiger partial charge in [0.1, 0.15) is 5.60 Å². The molecular weight excluding hydrogens is 330 g/mol. The van der Waals surface area contributed by atoms with Crippen molar-refractivity contribution in [2.24, 2.45) is 0 Å². The lowest BCUT2D eigenvalue weighted by atomic mass is 10.2. The van der Waals surface area contributed by atoms with Crippen molar-refractivity contribution in [3.63, 3.8) is 0 Å². The topological polar surface area (TPSA) is 83.1 Å². The van der Waals surface area contributed by atoms with Gasteiger partial charge in [-0.15, -0.1) is 0 Å². The second-order valence-electron chi connectivity index (χ2n) is 7.41. The van der Waals surface area contributed by atoms with Gasteiger partial charge < -0.3 is 15.0 Å². The molecule has 7 heteroatoms. The summed E-state index contributed by atoms with van der Waals surface area (Å²) >= 11 is 0. The van der Waals surface area contributed by atoms with Gasteiger partial charge in [-0.25, -0.2) is 14.8 Å². The van der Waals surface area contributed by atoms with E-state index in [0.29, 0.717) is 19.0 Å². The van der Waals surface area contributed by atoms with Gasteiger partial charge in [0.05, 0.1) is 18.8 Å². The monoisotopic (exact) mass is 351 g/mol. The summed E-state index contributed by atoms with van der Waals surface area (Å²) in [4.78, 5) is 26.0. The number of benzene rings is 1. The molecule has 0 radical (unpaired) electrons. The molecule has 3 aromatic rings. The van der Waals surface area contributed by atoms with Gasteiger partial charge in [0.25, 0.3) is 0 Å². The van der Waals surface area contributed by atoms with E-state index in [-0.39, 0.29) is 6.09 Å². The summed E-state index contributed by atoms with van der Waals surface area (Å²) in [5.74, 6) is 0.518. The fourth-order valence-electron chi connectivity index (χ4n) is 2.93. The van der Waals surface area contributed by atoms with Crippen LogP contribution < -0.4 is 5.32 Å². The molecule has 2 aromatic heterocycles. The zero-order valence-electron chi connectivity index (χ0n) is 15.0. The third-order valence-electron chi connectivity index (χ3n) is 4.12. The predicted octanol–water partition coefficient (Wildman–Crippen LogP) is 3.95. The number of nitrogens with one attached hydrogen (secondary N) is 2. The highest BCUT2D eigenvalue weighted by molar-refractivity contribution is 5.83. The van der Waals surface area contributed by atoms with Gasteiger partial charge in [-0.1, -0.05) is 0 Å². The second kappa shape index (κ2) is 6.01. The first-order valence-corrected chi connectivity index (χ1v) is 8.54.